The SMILES string of the molecule is CCn1c(CCCN)nc2cccc(Cl)c21. The van der Waals surface area contributed by atoms with E-state index in [0.717, 1.165) is 41.3 Å². The van der Waals surface area contributed by atoms with Crippen molar-refractivity contribution in [3.63, 3.8) is 0 Å². The van der Waals surface area contributed by atoms with Crippen molar-refractivity contribution in [3.8, 4) is 0 Å². The molecule has 0 unspecified atom stereocenters. The smallest absolute Gasteiger partial charge is 0.109 e. The Morgan fingerprint density at radius 3 is 2.94 bits per heavy atom. The van der Waals surface area contributed by atoms with Gasteiger partial charge in [0.05, 0.1) is 16.1 Å². The first kappa shape index (κ1) is 11.4. The third-order valence-corrected chi connectivity index (χ3v) is 3.02. The van der Waals surface area contributed by atoms with Gasteiger partial charge in [-0.15, -0.1) is 0 Å². The van der Waals surface area contributed by atoms with Crippen LogP contribution in [0.4, 0.5) is 0 Å². The molecule has 0 radical (unpaired) electrons. The van der Waals surface area contributed by atoms with Crippen molar-refractivity contribution in [1.82, 2.24) is 9.55 Å². The molecule has 3 nitrogen and oxygen atoms in total. The van der Waals surface area contributed by atoms with Gasteiger partial charge in [-0.2, -0.15) is 0 Å². The maximum absolute atomic E-state index is 6.20. The summed E-state index contributed by atoms with van der Waals surface area (Å²) in [5.41, 5.74) is 7.54. The molecule has 0 amide bonds. The third-order valence-electron chi connectivity index (χ3n) is 2.72. The van der Waals surface area contributed by atoms with E-state index >= 15 is 0 Å². The van der Waals surface area contributed by atoms with Gasteiger partial charge in [0, 0.05) is 13.0 Å². The highest BCUT2D eigenvalue weighted by molar-refractivity contribution is 6.35. The van der Waals surface area contributed by atoms with E-state index in [-0.39, 0.29) is 0 Å². The minimum absolute atomic E-state index is 0.695. The van der Waals surface area contributed by atoms with Gasteiger partial charge in [-0.05, 0) is 32.0 Å². The maximum Gasteiger partial charge on any atom is 0.109 e. The predicted molar refractivity (Wildman–Crippen MR) is 67.8 cm³/mol. The van der Waals surface area contributed by atoms with E-state index in [1.165, 1.54) is 0 Å². The Morgan fingerprint density at radius 1 is 1.44 bits per heavy atom. The molecule has 2 N–H and O–H groups in total. The lowest BCUT2D eigenvalue weighted by Crippen LogP contribution is -2.06. The Hall–Kier alpha value is -1.06. The predicted octanol–water partition coefficient (Wildman–Crippen LogP) is 2.60. The second kappa shape index (κ2) is 4.85. The fourth-order valence-electron chi connectivity index (χ4n) is 1.98. The molecule has 4 heteroatoms. The average molecular weight is 238 g/mol. The van der Waals surface area contributed by atoms with Crippen LogP contribution in [0.3, 0.4) is 0 Å². The molecule has 2 aromatic rings. The summed E-state index contributed by atoms with van der Waals surface area (Å²) in [6.07, 6.45) is 1.87. The molecule has 0 aliphatic heterocycles. The summed E-state index contributed by atoms with van der Waals surface area (Å²) in [5, 5.41) is 0.769. The van der Waals surface area contributed by atoms with E-state index in [2.05, 4.69) is 16.5 Å². The van der Waals surface area contributed by atoms with Crippen molar-refractivity contribution in [2.24, 2.45) is 5.73 Å². The van der Waals surface area contributed by atoms with Gasteiger partial charge >= 0.3 is 0 Å². The van der Waals surface area contributed by atoms with Gasteiger partial charge in [-0.3, -0.25) is 0 Å². The fourth-order valence-corrected chi connectivity index (χ4v) is 2.25. The van der Waals surface area contributed by atoms with Gasteiger partial charge in [-0.1, -0.05) is 17.7 Å². The normalized spacial score (nSPS) is 11.2. The van der Waals surface area contributed by atoms with Gasteiger partial charge in [-0.25, -0.2) is 4.98 Å². The molecule has 1 aromatic carbocycles. The van der Waals surface area contributed by atoms with Gasteiger partial charge in [0.2, 0.25) is 0 Å². The Labute approximate surface area is 100 Å². The zero-order chi connectivity index (χ0) is 11.5. The molecule has 0 saturated heterocycles. The van der Waals surface area contributed by atoms with Crippen LogP contribution in [0.25, 0.3) is 11.0 Å². The fraction of sp³-hybridized carbons (Fsp3) is 0.417. The number of benzene rings is 1. The Balaban J connectivity index is 2.53. The van der Waals surface area contributed by atoms with Crippen molar-refractivity contribution >= 4 is 22.6 Å². The summed E-state index contributed by atoms with van der Waals surface area (Å²) in [4.78, 5) is 4.60. The van der Waals surface area contributed by atoms with Gasteiger partial charge in [0.15, 0.2) is 0 Å². The number of hydrogen-bond acceptors (Lipinski definition) is 2. The zero-order valence-corrected chi connectivity index (χ0v) is 10.2. The third kappa shape index (κ3) is 1.93. The van der Waals surface area contributed by atoms with Crippen molar-refractivity contribution in [2.45, 2.75) is 26.3 Å². The van der Waals surface area contributed by atoms with Gasteiger partial charge in [0.1, 0.15) is 5.82 Å². The summed E-state index contributed by atoms with van der Waals surface area (Å²) in [5.74, 6) is 1.08. The van der Waals surface area contributed by atoms with E-state index in [4.69, 9.17) is 17.3 Å². The molecule has 0 spiro atoms. The topological polar surface area (TPSA) is 43.8 Å². The summed E-state index contributed by atoms with van der Waals surface area (Å²) in [6.45, 7) is 3.69. The zero-order valence-electron chi connectivity index (χ0n) is 9.41. The number of aryl methyl sites for hydroxylation is 2. The standard InChI is InChI=1S/C12H16ClN3/c1-2-16-11(7-4-8-14)15-10-6-3-5-9(13)12(10)16/h3,5-6H,2,4,7-8,14H2,1H3. The summed E-state index contributed by atoms with van der Waals surface area (Å²) >= 11 is 6.20. The van der Waals surface area contributed by atoms with E-state index in [9.17, 15) is 0 Å². The molecule has 2 rings (SSSR count). The molecule has 1 heterocycles. The van der Waals surface area contributed by atoms with Crippen LogP contribution < -0.4 is 5.73 Å². The van der Waals surface area contributed by atoms with Crippen LogP contribution in [0.15, 0.2) is 18.2 Å². The lowest BCUT2D eigenvalue weighted by atomic mass is 10.3. The molecule has 0 aliphatic rings. The van der Waals surface area contributed by atoms with Gasteiger partial charge in [0.25, 0.3) is 0 Å². The maximum atomic E-state index is 6.20. The Morgan fingerprint density at radius 2 is 2.25 bits per heavy atom. The molecule has 0 saturated carbocycles. The first-order valence-corrected chi connectivity index (χ1v) is 5.99. The van der Waals surface area contributed by atoms with E-state index in [1.807, 2.05) is 18.2 Å². The molecule has 0 atom stereocenters. The molecular formula is C12H16ClN3. The summed E-state index contributed by atoms with van der Waals surface area (Å²) < 4.78 is 2.17. The quantitative estimate of drug-likeness (QED) is 0.889. The second-order valence-corrected chi connectivity index (χ2v) is 4.18. The highest BCUT2D eigenvalue weighted by Gasteiger charge is 2.11. The average Bonchev–Trinajstić information content (AvgIpc) is 2.65. The minimum atomic E-state index is 0.695. The molecule has 0 fully saturated rings. The number of para-hydroxylation sites is 1. The van der Waals surface area contributed by atoms with Crippen molar-refractivity contribution in [1.29, 1.82) is 0 Å². The number of halogens is 1. The monoisotopic (exact) mass is 237 g/mol. The number of nitrogens with zero attached hydrogens (tertiary/aromatic N) is 2. The number of fused-ring (bicyclic) bond motifs is 1. The van der Waals surface area contributed by atoms with Crippen LogP contribution in [0.1, 0.15) is 19.2 Å². The number of nitrogens with two attached hydrogens (primary N) is 1. The van der Waals surface area contributed by atoms with Crippen LogP contribution in [0, 0.1) is 0 Å². The van der Waals surface area contributed by atoms with Crippen molar-refractivity contribution in [3.05, 3.63) is 29.0 Å². The molecule has 86 valence electrons. The first-order valence-electron chi connectivity index (χ1n) is 5.61. The lowest BCUT2D eigenvalue weighted by molar-refractivity contribution is 0.686. The largest absolute Gasteiger partial charge is 0.330 e. The molecule has 1 aromatic heterocycles. The number of hydrogen-bond donors (Lipinski definition) is 1. The van der Waals surface area contributed by atoms with Crippen LogP contribution in [-0.2, 0) is 13.0 Å². The van der Waals surface area contributed by atoms with Crippen molar-refractivity contribution in [2.75, 3.05) is 6.54 Å². The number of rotatable bonds is 4. The molecule has 16 heavy (non-hydrogen) atoms. The highest BCUT2D eigenvalue weighted by Crippen LogP contribution is 2.24. The number of imidazole rings is 1. The van der Waals surface area contributed by atoms with E-state index in [1.54, 1.807) is 0 Å². The number of aromatic nitrogens is 2. The molecule has 0 aliphatic carbocycles. The summed E-state index contributed by atoms with van der Waals surface area (Å²) in [6, 6.07) is 5.84. The Bertz CT molecular complexity index is 490. The molecule has 0 bridgehead atoms. The first-order chi connectivity index (χ1) is 7.77. The molecular weight excluding hydrogens is 222 g/mol. The van der Waals surface area contributed by atoms with E-state index in [0.29, 0.717) is 6.54 Å². The van der Waals surface area contributed by atoms with Crippen molar-refractivity contribution < 1.29 is 0 Å². The second-order valence-electron chi connectivity index (χ2n) is 3.77. The Kier molecular flexibility index (Phi) is 3.46. The van der Waals surface area contributed by atoms with Crippen LogP contribution in [0.2, 0.25) is 5.02 Å². The summed E-state index contributed by atoms with van der Waals surface area (Å²) in [7, 11) is 0. The van der Waals surface area contributed by atoms with Crippen LogP contribution in [-0.4, -0.2) is 16.1 Å². The van der Waals surface area contributed by atoms with E-state index < -0.39 is 0 Å². The van der Waals surface area contributed by atoms with Crippen LogP contribution in [0.5, 0.6) is 0 Å². The minimum Gasteiger partial charge on any atom is -0.330 e. The highest BCUT2D eigenvalue weighted by atomic mass is 35.5. The lowest BCUT2D eigenvalue weighted by Gasteiger charge is -2.05. The van der Waals surface area contributed by atoms with Crippen LogP contribution >= 0.6 is 11.6 Å². The van der Waals surface area contributed by atoms with Gasteiger partial charge < -0.3 is 10.3 Å².